The highest BCUT2D eigenvalue weighted by atomic mass is 16.5. The van der Waals surface area contributed by atoms with Crippen molar-refractivity contribution in [3.63, 3.8) is 0 Å². The van der Waals surface area contributed by atoms with Gasteiger partial charge in [-0.25, -0.2) is 4.98 Å². The van der Waals surface area contributed by atoms with Gasteiger partial charge in [0.1, 0.15) is 23.7 Å². The third-order valence-corrected chi connectivity index (χ3v) is 4.44. The number of nitrogens with one attached hydrogen (secondary N) is 1. The van der Waals surface area contributed by atoms with Crippen molar-refractivity contribution in [2.75, 3.05) is 13.2 Å². The zero-order valence-electron chi connectivity index (χ0n) is 15.6. The second-order valence-electron chi connectivity index (χ2n) is 6.80. The van der Waals surface area contributed by atoms with Gasteiger partial charge in [0.2, 0.25) is 5.88 Å². The van der Waals surface area contributed by atoms with Gasteiger partial charge in [-0.15, -0.1) is 0 Å². The van der Waals surface area contributed by atoms with E-state index in [4.69, 9.17) is 9.15 Å². The first-order chi connectivity index (χ1) is 13.4. The molecule has 0 unspecified atom stereocenters. The molecule has 0 fully saturated rings. The number of aromatic hydroxyl groups is 1. The van der Waals surface area contributed by atoms with Gasteiger partial charge in [-0.3, -0.25) is 4.79 Å². The van der Waals surface area contributed by atoms with Crippen LogP contribution in [0, 0.1) is 6.92 Å². The molecule has 0 saturated carbocycles. The molecular weight excluding hydrogens is 364 g/mol. The van der Waals surface area contributed by atoms with Crippen LogP contribution in [0.25, 0.3) is 11.0 Å². The van der Waals surface area contributed by atoms with Crippen LogP contribution in [0.2, 0.25) is 0 Å². The Morgan fingerprint density at radius 3 is 2.71 bits per heavy atom. The summed E-state index contributed by atoms with van der Waals surface area (Å²) in [5, 5.41) is 31.7. The summed E-state index contributed by atoms with van der Waals surface area (Å²) in [5.74, 6) is 0.324. The van der Waals surface area contributed by atoms with E-state index in [1.807, 2.05) is 0 Å². The van der Waals surface area contributed by atoms with E-state index in [1.165, 1.54) is 13.1 Å². The number of aromatic nitrogens is 1. The van der Waals surface area contributed by atoms with Crippen LogP contribution in [-0.2, 0) is 6.61 Å². The van der Waals surface area contributed by atoms with Crippen LogP contribution in [0.4, 0.5) is 0 Å². The van der Waals surface area contributed by atoms with Crippen LogP contribution in [0.3, 0.4) is 0 Å². The van der Waals surface area contributed by atoms with Crippen LogP contribution in [0.15, 0.2) is 40.9 Å². The highest BCUT2D eigenvalue weighted by molar-refractivity contribution is 6.07. The second-order valence-corrected chi connectivity index (χ2v) is 6.80. The van der Waals surface area contributed by atoms with Crippen LogP contribution in [-0.4, -0.2) is 45.0 Å². The first kappa shape index (κ1) is 19.7. The molecule has 0 radical (unpaired) electrons. The molecule has 148 valence electrons. The number of rotatable bonds is 7. The molecule has 3 aromatic rings. The Balaban J connectivity index is 1.88. The maximum Gasteiger partial charge on any atom is 0.256 e. The maximum absolute atomic E-state index is 12.7. The van der Waals surface area contributed by atoms with Crippen molar-refractivity contribution in [2.45, 2.75) is 26.0 Å². The average molecular weight is 386 g/mol. The Labute approximate surface area is 161 Å². The number of benzene rings is 1. The van der Waals surface area contributed by atoms with E-state index in [9.17, 15) is 20.1 Å². The molecular formula is C20H22N2O6. The molecule has 3 rings (SSSR count). The summed E-state index contributed by atoms with van der Waals surface area (Å²) in [5.41, 5.74) is 0.191. The first-order valence-electron chi connectivity index (χ1n) is 8.70. The number of hydrogen-bond donors (Lipinski definition) is 4. The number of aliphatic hydroxyl groups is 2. The summed E-state index contributed by atoms with van der Waals surface area (Å²) in [6.45, 7) is 2.49. The van der Waals surface area contributed by atoms with Gasteiger partial charge in [0.25, 0.3) is 5.91 Å². The lowest BCUT2D eigenvalue weighted by Crippen LogP contribution is -2.51. The molecule has 1 aromatic carbocycles. The monoisotopic (exact) mass is 386 g/mol. The van der Waals surface area contributed by atoms with Gasteiger partial charge in [0.15, 0.2) is 0 Å². The minimum atomic E-state index is -1.15. The molecule has 4 N–H and O–H groups in total. The van der Waals surface area contributed by atoms with E-state index in [2.05, 4.69) is 10.3 Å². The number of fused-ring (bicyclic) bond motifs is 1. The van der Waals surface area contributed by atoms with Gasteiger partial charge < -0.3 is 29.8 Å². The number of carbonyl (C=O) groups excluding carboxylic acids is 1. The lowest BCUT2D eigenvalue weighted by molar-refractivity contribution is 0.0723. The minimum Gasteiger partial charge on any atom is -0.493 e. The molecule has 0 saturated heterocycles. The van der Waals surface area contributed by atoms with Crippen LogP contribution in [0.5, 0.6) is 11.6 Å². The number of ether oxygens (including phenoxy) is 1. The average Bonchev–Trinajstić information content (AvgIpc) is 3.02. The van der Waals surface area contributed by atoms with Crippen molar-refractivity contribution < 1.29 is 29.3 Å². The van der Waals surface area contributed by atoms with Crippen LogP contribution in [0.1, 0.15) is 28.6 Å². The van der Waals surface area contributed by atoms with Gasteiger partial charge in [0.05, 0.1) is 29.9 Å². The fourth-order valence-electron chi connectivity index (χ4n) is 2.74. The number of hydrogen-bond acceptors (Lipinski definition) is 7. The number of amides is 1. The van der Waals surface area contributed by atoms with Gasteiger partial charge in [0, 0.05) is 11.6 Å². The largest absolute Gasteiger partial charge is 0.493 e. The topological polar surface area (TPSA) is 125 Å². The number of pyridine rings is 1. The molecule has 0 aliphatic heterocycles. The van der Waals surface area contributed by atoms with E-state index >= 15 is 0 Å². The lowest BCUT2D eigenvalue weighted by atomic mass is 10.0. The molecule has 0 atom stereocenters. The molecule has 1 amide bonds. The summed E-state index contributed by atoms with van der Waals surface area (Å²) in [4.78, 5) is 16.5. The molecule has 0 aliphatic carbocycles. The Morgan fingerprint density at radius 1 is 1.29 bits per heavy atom. The predicted octanol–water partition coefficient (Wildman–Crippen LogP) is 1.89. The predicted molar refractivity (Wildman–Crippen MR) is 101 cm³/mol. The number of aliphatic hydroxyl groups excluding tert-OH is 2. The van der Waals surface area contributed by atoms with Gasteiger partial charge in [-0.05, 0) is 44.2 Å². The van der Waals surface area contributed by atoms with E-state index in [0.29, 0.717) is 33.6 Å². The van der Waals surface area contributed by atoms with Crippen molar-refractivity contribution in [3.05, 3.63) is 53.4 Å². The number of furan rings is 1. The second kappa shape index (κ2) is 7.87. The summed E-state index contributed by atoms with van der Waals surface area (Å²) in [6.07, 6.45) is 1.48. The summed E-state index contributed by atoms with van der Waals surface area (Å²) in [7, 11) is 0. The van der Waals surface area contributed by atoms with Gasteiger partial charge in [-0.1, -0.05) is 0 Å². The van der Waals surface area contributed by atoms with Crippen LogP contribution < -0.4 is 10.1 Å². The fraction of sp³-hybridized carbons (Fsp3) is 0.300. The van der Waals surface area contributed by atoms with Crippen molar-refractivity contribution >= 4 is 16.9 Å². The molecule has 28 heavy (non-hydrogen) atoms. The van der Waals surface area contributed by atoms with Crippen molar-refractivity contribution in [2.24, 2.45) is 0 Å². The van der Waals surface area contributed by atoms with E-state index in [-0.39, 0.29) is 12.5 Å². The first-order valence-corrected chi connectivity index (χ1v) is 8.70. The quantitative estimate of drug-likeness (QED) is 0.489. The van der Waals surface area contributed by atoms with Crippen molar-refractivity contribution in [1.29, 1.82) is 0 Å². The van der Waals surface area contributed by atoms with Gasteiger partial charge >= 0.3 is 0 Å². The lowest BCUT2D eigenvalue weighted by Gasteiger charge is -2.26. The zero-order valence-corrected chi connectivity index (χ0v) is 15.6. The van der Waals surface area contributed by atoms with E-state index in [0.717, 1.165) is 0 Å². The molecule has 2 aromatic heterocycles. The number of aryl methyl sites for hydroxylation is 1. The summed E-state index contributed by atoms with van der Waals surface area (Å²) < 4.78 is 11.4. The number of nitrogens with zero attached hydrogens (tertiary/aromatic N) is 1. The SMILES string of the molecule is Cc1oc2ccc(OCc3cccnc3O)cc2c1C(=O)NC(C)(CO)CO. The Bertz CT molecular complexity index is 994. The fourth-order valence-corrected chi connectivity index (χ4v) is 2.74. The molecule has 8 nitrogen and oxygen atoms in total. The summed E-state index contributed by atoms with van der Waals surface area (Å²) in [6, 6.07) is 8.46. The summed E-state index contributed by atoms with van der Waals surface area (Å²) >= 11 is 0. The third kappa shape index (κ3) is 3.92. The highest BCUT2D eigenvalue weighted by Gasteiger charge is 2.28. The smallest absolute Gasteiger partial charge is 0.256 e. The Morgan fingerprint density at radius 2 is 2.04 bits per heavy atom. The highest BCUT2D eigenvalue weighted by Crippen LogP contribution is 2.30. The van der Waals surface area contributed by atoms with Crippen LogP contribution >= 0.6 is 0 Å². The minimum absolute atomic E-state index is 0.102. The van der Waals surface area contributed by atoms with E-state index < -0.39 is 24.7 Å². The molecule has 0 aliphatic rings. The molecule has 8 heteroatoms. The van der Waals surface area contributed by atoms with Gasteiger partial charge in [-0.2, -0.15) is 0 Å². The third-order valence-electron chi connectivity index (χ3n) is 4.44. The Hall–Kier alpha value is -3.10. The standard InChI is InChI=1S/C20H22N2O6/c1-12-17(19(26)22-20(2,10-23)11-24)15-8-14(5-6-16(15)28-12)27-9-13-4-3-7-21-18(13)25/h3-8,23-24H,9-11H2,1-2H3,(H,21,25)(H,22,26). The van der Waals surface area contributed by atoms with Crippen molar-refractivity contribution in [3.8, 4) is 11.6 Å². The maximum atomic E-state index is 12.7. The zero-order chi connectivity index (χ0) is 20.3. The number of carbonyl (C=O) groups is 1. The normalized spacial score (nSPS) is 11.6. The van der Waals surface area contributed by atoms with E-state index in [1.54, 1.807) is 37.3 Å². The molecule has 0 spiro atoms. The molecule has 0 bridgehead atoms. The Kier molecular flexibility index (Phi) is 5.53. The van der Waals surface area contributed by atoms with Crippen molar-refractivity contribution in [1.82, 2.24) is 10.3 Å². The molecule has 2 heterocycles.